The minimum Gasteiger partial charge on any atom is -0.497 e. The summed E-state index contributed by atoms with van der Waals surface area (Å²) in [4.78, 5) is 48.9. The number of rotatable bonds is 7. The summed E-state index contributed by atoms with van der Waals surface area (Å²) < 4.78 is 21.3. The molecule has 10 nitrogen and oxygen atoms in total. The van der Waals surface area contributed by atoms with Crippen molar-refractivity contribution >= 4 is 28.6 Å². The molecule has 182 valence electrons. The Balaban J connectivity index is 1.77. The summed E-state index contributed by atoms with van der Waals surface area (Å²) in [6.45, 7) is 1.68. The Hall–Kier alpha value is -4.99. The lowest BCUT2D eigenvalue weighted by Gasteiger charge is -2.11. The van der Waals surface area contributed by atoms with Crippen LogP contribution < -0.4 is 14.9 Å². The number of methoxy groups -OCH3 is 1. The predicted octanol–water partition coefficient (Wildman–Crippen LogP) is 4.77. The molecule has 3 aromatic carbocycles. The maximum Gasteiger partial charge on any atom is 0.375 e. The number of nitro groups is 1. The van der Waals surface area contributed by atoms with Gasteiger partial charge in [0.1, 0.15) is 17.1 Å². The van der Waals surface area contributed by atoms with Gasteiger partial charge in [0.15, 0.2) is 0 Å². The number of nitro benzene ring substituents is 1. The van der Waals surface area contributed by atoms with Crippen molar-refractivity contribution in [3.05, 3.63) is 98.4 Å². The molecule has 0 saturated heterocycles. The normalized spacial score (nSPS) is 10.6. The maximum atomic E-state index is 13.4. The summed E-state index contributed by atoms with van der Waals surface area (Å²) in [6, 6.07) is 15.7. The summed E-state index contributed by atoms with van der Waals surface area (Å²) in [5.74, 6) is -1.41. The molecule has 0 atom stereocenters. The second-order valence-electron chi connectivity index (χ2n) is 7.44. The molecule has 10 heteroatoms. The Bertz CT molecular complexity index is 1540. The van der Waals surface area contributed by atoms with Gasteiger partial charge in [-0.15, -0.1) is 0 Å². The molecule has 1 heterocycles. The molecule has 36 heavy (non-hydrogen) atoms. The Morgan fingerprint density at radius 3 is 2.36 bits per heavy atom. The molecule has 0 spiro atoms. The minimum absolute atomic E-state index is 0.00848. The highest BCUT2D eigenvalue weighted by Crippen LogP contribution is 2.29. The Kier molecular flexibility index (Phi) is 6.77. The third-order valence-corrected chi connectivity index (χ3v) is 5.21. The Labute approximate surface area is 203 Å². The van der Waals surface area contributed by atoms with Crippen molar-refractivity contribution in [2.45, 2.75) is 6.92 Å². The number of hydrogen-bond acceptors (Lipinski definition) is 9. The van der Waals surface area contributed by atoms with Gasteiger partial charge in [0.05, 0.1) is 35.2 Å². The summed E-state index contributed by atoms with van der Waals surface area (Å²) >= 11 is 0. The number of ether oxygens (including phenoxy) is 3. The van der Waals surface area contributed by atoms with Gasteiger partial charge in [-0.2, -0.15) is 0 Å². The van der Waals surface area contributed by atoms with Crippen LogP contribution in [0.2, 0.25) is 0 Å². The van der Waals surface area contributed by atoms with Crippen LogP contribution in [-0.4, -0.2) is 30.6 Å². The van der Waals surface area contributed by atoms with Crippen LogP contribution in [0.4, 0.5) is 5.69 Å². The van der Waals surface area contributed by atoms with Crippen molar-refractivity contribution in [1.82, 2.24) is 0 Å². The molecule has 0 radical (unpaired) electrons. The van der Waals surface area contributed by atoms with Crippen molar-refractivity contribution in [3.8, 4) is 22.6 Å². The highest BCUT2D eigenvalue weighted by Gasteiger charge is 2.24. The fraction of sp³-hybridized carbons (Fsp3) is 0.115. The van der Waals surface area contributed by atoms with Crippen LogP contribution >= 0.6 is 0 Å². The molecule has 0 fully saturated rings. The van der Waals surface area contributed by atoms with Gasteiger partial charge in [-0.1, -0.05) is 18.2 Å². The average molecular weight is 489 g/mol. The second kappa shape index (κ2) is 10.1. The maximum absolute atomic E-state index is 13.4. The van der Waals surface area contributed by atoms with Crippen molar-refractivity contribution in [3.63, 3.8) is 0 Å². The minimum atomic E-state index is -0.846. The molecule has 1 aromatic heterocycles. The molecular weight excluding hydrogens is 470 g/mol. The van der Waals surface area contributed by atoms with Gasteiger partial charge >= 0.3 is 11.9 Å². The number of non-ortho nitro benzene ring substituents is 1. The van der Waals surface area contributed by atoms with E-state index in [1.807, 2.05) is 0 Å². The number of fused-ring (bicyclic) bond motifs is 1. The van der Waals surface area contributed by atoms with Crippen LogP contribution in [0, 0.1) is 10.1 Å². The topological polar surface area (TPSA) is 135 Å². The van der Waals surface area contributed by atoms with Crippen LogP contribution in [-0.2, 0) is 4.74 Å². The van der Waals surface area contributed by atoms with Gasteiger partial charge in [-0.25, -0.2) is 9.59 Å². The smallest absolute Gasteiger partial charge is 0.375 e. The highest BCUT2D eigenvalue weighted by molar-refractivity contribution is 5.98. The van der Waals surface area contributed by atoms with Crippen LogP contribution in [0.3, 0.4) is 0 Å². The molecular formula is C26H19NO9. The van der Waals surface area contributed by atoms with E-state index in [2.05, 4.69) is 0 Å². The Morgan fingerprint density at radius 1 is 0.972 bits per heavy atom. The molecule has 0 unspecified atom stereocenters. The lowest BCUT2D eigenvalue weighted by Crippen LogP contribution is -2.15. The van der Waals surface area contributed by atoms with Gasteiger partial charge in [-0.05, 0) is 42.8 Å². The monoisotopic (exact) mass is 489 g/mol. The quantitative estimate of drug-likeness (QED) is 0.156. The van der Waals surface area contributed by atoms with Crippen LogP contribution in [0.25, 0.3) is 22.1 Å². The van der Waals surface area contributed by atoms with Gasteiger partial charge in [0.25, 0.3) is 5.69 Å². The average Bonchev–Trinajstić information content (AvgIpc) is 2.88. The number of carbonyl (C=O) groups is 2. The second-order valence-corrected chi connectivity index (χ2v) is 7.44. The van der Waals surface area contributed by atoms with Gasteiger partial charge in [0.2, 0.25) is 11.2 Å². The molecule has 0 N–H and O–H groups in total. The van der Waals surface area contributed by atoms with Crippen molar-refractivity contribution < 1.29 is 33.1 Å². The lowest BCUT2D eigenvalue weighted by molar-refractivity contribution is -0.384. The summed E-state index contributed by atoms with van der Waals surface area (Å²) in [5, 5.41) is 11.1. The largest absolute Gasteiger partial charge is 0.497 e. The van der Waals surface area contributed by atoms with Crippen molar-refractivity contribution in [2.24, 2.45) is 0 Å². The van der Waals surface area contributed by atoms with E-state index < -0.39 is 22.3 Å². The van der Waals surface area contributed by atoms with E-state index in [0.717, 1.165) is 6.07 Å². The lowest BCUT2D eigenvalue weighted by atomic mass is 10.0. The number of benzene rings is 3. The standard InChI is InChI=1S/C26H19NO9/c1-3-34-26(30)24-22(15-7-9-18(33-2)10-8-15)23(28)20-12-11-19(14-21(20)36-24)35-25(29)16-5-4-6-17(13-16)27(31)32/h4-14H,3H2,1-2H3. The third kappa shape index (κ3) is 4.78. The fourth-order valence-corrected chi connectivity index (χ4v) is 3.51. The van der Waals surface area contributed by atoms with Gasteiger partial charge in [-0.3, -0.25) is 14.9 Å². The number of carbonyl (C=O) groups excluding carboxylic acids is 2. The molecule has 0 aliphatic rings. The summed E-state index contributed by atoms with van der Waals surface area (Å²) in [5.41, 5.74) is -0.349. The van der Waals surface area contributed by atoms with E-state index in [1.54, 1.807) is 31.2 Å². The van der Waals surface area contributed by atoms with E-state index in [1.165, 1.54) is 43.5 Å². The summed E-state index contributed by atoms with van der Waals surface area (Å²) in [7, 11) is 1.51. The zero-order valence-corrected chi connectivity index (χ0v) is 19.2. The van der Waals surface area contributed by atoms with E-state index in [4.69, 9.17) is 18.6 Å². The highest BCUT2D eigenvalue weighted by atomic mass is 16.6. The third-order valence-electron chi connectivity index (χ3n) is 5.21. The molecule has 0 bridgehead atoms. The van der Waals surface area contributed by atoms with Crippen LogP contribution in [0.5, 0.6) is 11.5 Å². The number of esters is 2. The predicted molar refractivity (Wildman–Crippen MR) is 128 cm³/mol. The first-order valence-corrected chi connectivity index (χ1v) is 10.7. The number of hydrogen-bond donors (Lipinski definition) is 0. The van der Waals surface area contributed by atoms with Crippen LogP contribution in [0.1, 0.15) is 27.8 Å². The molecule has 4 rings (SSSR count). The van der Waals surface area contributed by atoms with E-state index >= 15 is 0 Å². The first-order valence-electron chi connectivity index (χ1n) is 10.7. The first kappa shape index (κ1) is 24.1. The van der Waals surface area contributed by atoms with Crippen molar-refractivity contribution in [2.75, 3.05) is 13.7 Å². The zero-order chi connectivity index (χ0) is 25.8. The zero-order valence-electron chi connectivity index (χ0n) is 19.2. The fourth-order valence-electron chi connectivity index (χ4n) is 3.51. The van der Waals surface area contributed by atoms with E-state index in [9.17, 15) is 24.5 Å². The molecule has 4 aromatic rings. The van der Waals surface area contributed by atoms with Crippen LogP contribution in [0.15, 0.2) is 75.9 Å². The molecule has 0 saturated carbocycles. The van der Waals surface area contributed by atoms with Crippen molar-refractivity contribution in [1.29, 1.82) is 0 Å². The van der Waals surface area contributed by atoms with E-state index in [-0.39, 0.29) is 45.9 Å². The molecule has 0 aliphatic carbocycles. The van der Waals surface area contributed by atoms with Gasteiger partial charge < -0.3 is 18.6 Å². The molecule has 0 aliphatic heterocycles. The summed E-state index contributed by atoms with van der Waals surface area (Å²) in [6.07, 6.45) is 0. The van der Waals surface area contributed by atoms with Gasteiger partial charge in [0, 0.05) is 18.2 Å². The SMILES string of the molecule is CCOC(=O)c1oc2cc(OC(=O)c3cccc([N+](=O)[O-])c3)ccc2c(=O)c1-c1ccc(OC)cc1. The first-order chi connectivity index (χ1) is 17.3. The Morgan fingerprint density at radius 2 is 1.69 bits per heavy atom. The van der Waals surface area contributed by atoms with E-state index in [0.29, 0.717) is 11.3 Å². The number of nitrogens with zero attached hydrogens (tertiary/aromatic N) is 1. The molecule has 0 amide bonds.